The van der Waals surface area contributed by atoms with E-state index in [4.69, 9.17) is 0 Å². The Kier molecular flexibility index (Phi) is 4.90. The lowest BCUT2D eigenvalue weighted by Crippen LogP contribution is -2.36. The third-order valence-corrected chi connectivity index (χ3v) is 6.38. The van der Waals surface area contributed by atoms with Gasteiger partial charge in [0, 0.05) is 13.1 Å². The summed E-state index contributed by atoms with van der Waals surface area (Å²) in [6.45, 7) is 0.578. The van der Waals surface area contributed by atoms with E-state index in [1.54, 1.807) is 0 Å². The Morgan fingerprint density at radius 3 is 2.53 bits per heavy atom. The number of hydrogen-bond acceptors (Lipinski definition) is 5. The van der Waals surface area contributed by atoms with Crippen molar-refractivity contribution in [3.63, 3.8) is 0 Å². The summed E-state index contributed by atoms with van der Waals surface area (Å²) < 4.78 is 48.0. The summed E-state index contributed by atoms with van der Waals surface area (Å²) in [7, 11) is -6.76. The zero-order valence-electron chi connectivity index (χ0n) is 9.26. The molecule has 1 saturated heterocycles. The van der Waals surface area contributed by atoms with Crippen LogP contribution < -0.4 is 10.0 Å². The summed E-state index contributed by atoms with van der Waals surface area (Å²) in [5.41, 5.74) is 0. The van der Waals surface area contributed by atoms with E-state index < -0.39 is 25.1 Å². The van der Waals surface area contributed by atoms with Gasteiger partial charge in [-0.25, -0.2) is 21.6 Å². The van der Waals surface area contributed by atoms with Crippen LogP contribution in [0.1, 0.15) is 12.8 Å². The van der Waals surface area contributed by atoms with E-state index in [2.05, 4.69) is 10.0 Å². The topological polar surface area (TPSA) is 109 Å². The molecule has 1 aliphatic heterocycles. The molecule has 1 fully saturated rings. The summed E-state index contributed by atoms with van der Waals surface area (Å²) in [6, 6.07) is 0. The fraction of sp³-hybridized carbons (Fsp3) is 0.875. The van der Waals surface area contributed by atoms with Crippen LogP contribution in [0.3, 0.4) is 0 Å². The van der Waals surface area contributed by atoms with Gasteiger partial charge in [-0.05, 0) is 12.8 Å². The van der Waals surface area contributed by atoms with Gasteiger partial charge in [-0.2, -0.15) is 0 Å². The van der Waals surface area contributed by atoms with Crippen LogP contribution in [0.5, 0.6) is 0 Å². The zero-order chi connectivity index (χ0) is 12.9. The van der Waals surface area contributed by atoms with Crippen LogP contribution in [0.4, 0.5) is 0 Å². The van der Waals surface area contributed by atoms with Crippen LogP contribution in [0, 0.1) is 0 Å². The van der Waals surface area contributed by atoms with Gasteiger partial charge in [-0.15, -0.1) is 0 Å². The molecular formula is C8H16N2O5S2. The molecule has 100 valence electrons. The van der Waals surface area contributed by atoms with Crippen LogP contribution in [0.2, 0.25) is 0 Å². The first-order valence-corrected chi connectivity index (χ1v) is 8.60. The van der Waals surface area contributed by atoms with E-state index >= 15 is 0 Å². The Morgan fingerprint density at radius 2 is 2.00 bits per heavy atom. The SMILES string of the molecule is O=CNCCCNS(=O)(=O)C1CCS(=O)(=O)C1. The predicted octanol–water partition coefficient (Wildman–Crippen LogP) is -1.77. The number of carbonyl (C=O) groups is 1. The molecule has 0 bridgehead atoms. The molecule has 1 heterocycles. The summed E-state index contributed by atoms with van der Waals surface area (Å²) in [4.78, 5) is 9.93. The average molecular weight is 284 g/mol. The third-order valence-electron chi connectivity index (χ3n) is 2.51. The molecule has 9 heteroatoms. The van der Waals surface area contributed by atoms with Crippen molar-refractivity contribution in [2.24, 2.45) is 0 Å². The first kappa shape index (κ1) is 14.4. The molecule has 2 N–H and O–H groups in total. The minimum Gasteiger partial charge on any atom is -0.359 e. The average Bonchev–Trinajstić information content (AvgIpc) is 2.59. The molecule has 1 unspecified atom stereocenters. The van der Waals surface area contributed by atoms with Crippen molar-refractivity contribution in [1.29, 1.82) is 0 Å². The minimum atomic E-state index is -3.56. The lowest BCUT2D eigenvalue weighted by molar-refractivity contribution is -0.109. The standard InChI is InChI=1S/C8H16N2O5S2/c11-7-9-3-1-4-10-17(14,15)8-2-5-16(12,13)6-8/h7-8,10H,1-6H2,(H,9,11). The van der Waals surface area contributed by atoms with Crippen molar-refractivity contribution in [2.45, 2.75) is 18.1 Å². The van der Waals surface area contributed by atoms with E-state index in [9.17, 15) is 21.6 Å². The zero-order valence-corrected chi connectivity index (χ0v) is 10.9. The minimum absolute atomic E-state index is 0.0642. The Labute approximate surface area is 101 Å². The Balaban J connectivity index is 2.39. The van der Waals surface area contributed by atoms with E-state index in [1.165, 1.54) is 0 Å². The van der Waals surface area contributed by atoms with Gasteiger partial charge in [0.15, 0.2) is 9.84 Å². The summed E-state index contributed by atoms with van der Waals surface area (Å²) in [5.74, 6) is -0.361. The lowest BCUT2D eigenvalue weighted by atomic mass is 10.4. The summed E-state index contributed by atoms with van der Waals surface area (Å²) in [5, 5.41) is 1.56. The van der Waals surface area contributed by atoms with Crippen molar-refractivity contribution >= 4 is 26.3 Å². The Hall–Kier alpha value is -0.670. The van der Waals surface area contributed by atoms with Crippen molar-refractivity contribution in [2.75, 3.05) is 24.6 Å². The molecule has 0 saturated carbocycles. The number of sulfonamides is 1. The third kappa shape index (κ3) is 4.60. The quantitative estimate of drug-likeness (QED) is 0.425. The summed E-state index contributed by atoms with van der Waals surface area (Å²) in [6.07, 6.45) is 1.17. The molecule has 0 aromatic rings. The number of nitrogens with one attached hydrogen (secondary N) is 2. The largest absolute Gasteiger partial charge is 0.359 e. The number of amides is 1. The van der Waals surface area contributed by atoms with Crippen molar-refractivity contribution in [3.8, 4) is 0 Å². The second-order valence-electron chi connectivity index (χ2n) is 3.89. The van der Waals surface area contributed by atoms with Gasteiger partial charge >= 0.3 is 0 Å². The molecule has 1 rings (SSSR count). The van der Waals surface area contributed by atoms with Crippen molar-refractivity contribution in [3.05, 3.63) is 0 Å². The normalized spacial score (nSPS) is 23.4. The van der Waals surface area contributed by atoms with Crippen LogP contribution in [-0.4, -0.2) is 53.1 Å². The lowest BCUT2D eigenvalue weighted by Gasteiger charge is -2.10. The molecule has 1 atom stereocenters. The number of rotatable bonds is 7. The number of sulfone groups is 1. The predicted molar refractivity (Wildman–Crippen MR) is 62.7 cm³/mol. The Morgan fingerprint density at radius 1 is 1.29 bits per heavy atom. The van der Waals surface area contributed by atoms with Crippen LogP contribution in [0.15, 0.2) is 0 Å². The molecule has 17 heavy (non-hydrogen) atoms. The molecule has 1 amide bonds. The van der Waals surface area contributed by atoms with Crippen LogP contribution >= 0.6 is 0 Å². The summed E-state index contributed by atoms with van der Waals surface area (Å²) >= 11 is 0. The van der Waals surface area contributed by atoms with Gasteiger partial charge < -0.3 is 5.32 Å². The van der Waals surface area contributed by atoms with Gasteiger partial charge in [0.05, 0.1) is 16.8 Å². The second-order valence-corrected chi connectivity index (χ2v) is 8.16. The van der Waals surface area contributed by atoms with Gasteiger partial charge in [0.25, 0.3) is 0 Å². The van der Waals surface area contributed by atoms with Gasteiger partial charge in [0.1, 0.15) is 0 Å². The van der Waals surface area contributed by atoms with E-state index in [1.807, 2.05) is 0 Å². The van der Waals surface area contributed by atoms with Crippen LogP contribution in [0.25, 0.3) is 0 Å². The smallest absolute Gasteiger partial charge is 0.215 e. The Bertz CT molecular complexity index is 456. The highest BCUT2D eigenvalue weighted by molar-refractivity contribution is 7.95. The monoisotopic (exact) mass is 284 g/mol. The molecule has 0 aromatic carbocycles. The van der Waals surface area contributed by atoms with Gasteiger partial charge in [-0.3, -0.25) is 4.79 Å². The number of carbonyl (C=O) groups excluding carboxylic acids is 1. The molecule has 0 spiro atoms. The maximum absolute atomic E-state index is 11.7. The van der Waals surface area contributed by atoms with Crippen molar-refractivity contribution < 1.29 is 21.6 Å². The van der Waals surface area contributed by atoms with Gasteiger partial charge in [-0.1, -0.05) is 0 Å². The fourth-order valence-electron chi connectivity index (χ4n) is 1.59. The maximum atomic E-state index is 11.7. The molecule has 1 aliphatic rings. The molecule has 7 nitrogen and oxygen atoms in total. The van der Waals surface area contributed by atoms with Gasteiger partial charge in [0.2, 0.25) is 16.4 Å². The molecule has 0 aromatic heterocycles. The fourth-order valence-corrected chi connectivity index (χ4v) is 5.71. The number of hydrogen-bond donors (Lipinski definition) is 2. The highest BCUT2D eigenvalue weighted by Gasteiger charge is 2.36. The molecule has 0 aliphatic carbocycles. The molecule has 0 radical (unpaired) electrons. The van der Waals surface area contributed by atoms with E-state index in [-0.39, 0.29) is 24.5 Å². The van der Waals surface area contributed by atoms with E-state index in [0.717, 1.165) is 0 Å². The first-order valence-electron chi connectivity index (χ1n) is 5.23. The highest BCUT2D eigenvalue weighted by Crippen LogP contribution is 2.17. The van der Waals surface area contributed by atoms with Crippen LogP contribution in [-0.2, 0) is 24.7 Å². The highest BCUT2D eigenvalue weighted by atomic mass is 32.2. The van der Waals surface area contributed by atoms with E-state index in [0.29, 0.717) is 19.4 Å². The first-order chi connectivity index (χ1) is 7.87. The van der Waals surface area contributed by atoms with Crippen molar-refractivity contribution in [1.82, 2.24) is 10.0 Å². The second kappa shape index (κ2) is 5.78. The maximum Gasteiger partial charge on any atom is 0.215 e. The molecular weight excluding hydrogens is 268 g/mol.